The third kappa shape index (κ3) is 2.77. The molecule has 110 valence electrons. The van der Waals surface area contributed by atoms with Gasteiger partial charge < -0.3 is 15.4 Å². The Morgan fingerprint density at radius 3 is 2.90 bits per heavy atom. The topological polar surface area (TPSA) is 73.8 Å². The van der Waals surface area contributed by atoms with Crippen molar-refractivity contribution in [3.05, 3.63) is 29.2 Å². The summed E-state index contributed by atoms with van der Waals surface area (Å²) in [7, 11) is 0. The lowest BCUT2D eigenvalue weighted by Crippen LogP contribution is -2.29. The molecule has 0 bridgehead atoms. The van der Waals surface area contributed by atoms with Crippen molar-refractivity contribution >= 4 is 28.2 Å². The number of H-pyrrole nitrogens is 1. The average molecular weight is 302 g/mol. The molecule has 0 saturated heterocycles. The fourth-order valence-electron chi connectivity index (χ4n) is 2.23. The number of rotatable bonds is 5. The lowest BCUT2D eigenvalue weighted by molar-refractivity contribution is 0.249. The second kappa shape index (κ2) is 5.83. The van der Waals surface area contributed by atoms with Crippen molar-refractivity contribution in [1.82, 2.24) is 15.0 Å². The molecule has 3 aromatic rings. The molecular formula is C15H18N4OS. The Balaban J connectivity index is 2.00. The fraction of sp³-hybridized carbons (Fsp3) is 0.333. The summed E-state index contributed by atoms with van der Waals surface area (Å²) in [6, 6.07) is 4.09. The van der Waals surface area contributed by atoms with Gasteiger partial charge in [0.15, 0.2) is 0 Å². The lowest BCUT2D eigenvalue weighted by Gasteiger charge is -2.20. The molecule has 0 unspecified atom stereocenters. The summed E-state index contributed by atoms with van der Waals surface area (Å²) in [4.78, 5) is 11.9. The van der Waals surface area contributed by atoms with E-state index in [1.807, 2.05) is 5.38 Å². The van der Waals surface area contributed by atoms with Crippen LogP contribution in [0.1, 0.15) is 13.8 Å². The van der Waals surface area contributed by atoms with Crippen molar-refractivity contribution in [2.75, 3.05) is 11.9 Å². The first kappa shape index (κ1) is 14.0. The van der Waals surface area contributed by atoms with Gasteiger partial charge in [0.25, 0.3) is 0 Å². The van der Waals surface area contributed by atoms with Crippen molar-refractivity contribution in [3.63, 3.8) is 0 Å². The number of hydrogen-bond acceptors (Lipinski definition) is 5. The van der Waals surface area contributed by atoms with E-state index < -0.39 is 0 Å². The SMILES string of the molecule is CC(C)[C@H](CO)Nc1ncnc2[nH]c(-c3ccsc3)cc12. The van der Waals surface area contributed by atoms with Crippen LogP contribution in [0.5, 0.6) is 0 Å². The normalized spacial score (nSPS) is 13.0. The highest BCUT2D eigenvalue weighted by molar-refractivity contribution is 7.08. The second-order valence-corrected chi connectivity index (χ2v) is 6.14. The number of aromatic nitrogens is 3. The molecule has 3 rings (SSSR count). The zero-order chi connectivity index (χ0) is 14.8. The van der Waals surface area contributed by atoms with E-state index in [0.29, 0.717) is 5.92 Å². The Labute approximate surface area is 127 Å². The summed E-state index contributed by atoms with van der Waals surface area (Å²) in [5.74, 6) is 1.07. The summed E-state index contributed by atoms with van der Waals surface area (Å²) >= 11 is 1.66. The highest BCUT2D eigenvalue weighted by Gasteiger charge is 2.15. The van der Waals surface area contributed by atoms with Crippen LogP contribution in [0.15, 0.2) is 29.2 Å². The summed E-state index contributed by atoms with van der Waals surface area (Å²) in [6.07, 6.45) is 1.54. The van der Waals surface area contributed by atoms with Gasteiger partial charge in [0.1, 0.15) is 17.8 Å². The predicted molar refractivity (Wildman–Crippen MR) is 86.5 cm³/mol. The van der Waals surface area contributed by atoms with E-state index in [1.165, 1.54) is 6.33 Å². The average Bonchev–Trinajstić information content (AvgIpc) is 3.12. The van der Waals surface area contributed by atoms with Crippen LogP contribution in [0, 0.1) is 5.92 Å². The van der Waals surface area contributed by atoms with Gasteiger partial charge in [0.2, 0.25) is 0 Å². The highest BCUT2D eigenvalue weighted by atomic mass is 32.1. The van der Waals surface area contributed by atoms with Crippen LogP contribution in [0.4, 0.5) is 5.82 Å². The van der Waals surface area contributed by atoms with Crippen LogP contribution < -0.4 is 5.32 Å². The number of aliphatic hydroxyl groups excluding tert-OH is 1. The molecule has 1 atom stereocenters. The second-order valence-electron chi connectivity index (χ2n) is 5.36. The van der Waals surface area contributed by atoms with Gasteiger partial charge in [-0.15, -0.1) is 0 Å². The van der Waals surface area contributed by atoms with Gasteiger partial charge in [0, 0.05) is 16.6 Å². The predicted octanol–water partition coefficient (Wildman–Crippen LogP) is 3.12. The quantitative estimate of drug-likeness (QED) is 0.677. The molecule has 0 spiro atoms. The van der Waals surface area contributed by atoms with Gasteiger partial charge in [-0.25, -0.2) is 9.97 Å². The maximum atomic E-state index is 9.47. The van der Waals surface area contributed by atoms with E-state index in [-0.39, 0.29) is 12.6 Å². The molecule has 0 aromatic carbocycles. The van der Waals surface area contributed by atoms with Gasteiger partial charge in [0.05, 0.1) is 18.0 Å². The molecular weight excluding hydrogens is 284 g/mol. The van der Waals surface area contributed by atoms with Crippen molar-refractivity contribution in [1.29, 1.82) is 0 Å². The molecule has 0 amide bonds. The summed E-state index contributed by atoms with van der Waals surface area (Å²) < 4.78 is 0. The number of aliphatic hydroxyl groups is 1. The molecule has 3 aromatic heterocycles. The van der Waals surface area contributed by atoms with E-state index in [2.05, 4.69) is 51.6 Å². The number of fused-ring (bicyclic) bond motifs is 1. The molecule has 3 heterocycles. The van der Waals surface area contributed by atoms with Crippen LogP contribution in [0.3, 0.4) is 0 Å². The molecule has 0 aliphatic rings. The van der Waals surface area contributed by atoms with Crippen LogP contribution in [-0.2, 0) is 0 Å². The number of hydrogen-bond donors (Lipinski definition) is 3. The molecule has 0 radical (unpaired) electrons. The van der Waals surface area contributed by atoms with E-state index in [9.17, 15) is 5.11 Å². The minimum absolute atomic E-state index is 0.0254. The van der Waals surface area contributed by atoms with E-state index in [1.54, 1.807) is 11.3 Å². The molecule has 0 saturated carbocycles. The van der Waals surface area contributed by atoms with Gasteiger partial charge in [-0.1, -0.05) is 13.8 Å². The maximum Gasteiger partial charge on any atom is 0.143 e. The van der Waals surface area contributed by atoms with Crippen LogP contribution in [0.25, 0.3) is 22.3 Å². The van der Waals surface area contributed by atoms with Crippen LogP contribution in [-0.4, -0.2) is 32.7 Å². The standard InChI is InChI=1S/C15H18N4OS/c1-9(2)13(6-20)19-15-11-5-12(10-3-4-21-7-10)18-14(11)16-8-17-15/h3-5,7-9,13,20H,6H2,1-2H3,(H2,16,17,18,19)/t13-/m0/s1. The Morgan fingerprint density at radius 1 is 1.38 bits per heavy atom. The van der Waals surface area contributed by atoms with Crippen molar-refractivity contribution in [3.8, 4) is 11.3 Å². The summed E-state index contributed by atoms with van der Waals surface area (Å²) in [5, 5.41) is 17.9. The molecule has 0 fully saturated rings. The van der Waals surface area contributed by atoms with E-state index in [0.717, 1.165) is 28.1 Å². The number of anilines is 1. The first-order valence-corrected chi connectivity index (χ1v) is 7.87. The van der Waals surface area contributed by atoms with E-state index >= 15 is 0 Å². The third-order valence-corrected chi connectivity index (χ3v) is 4.26. The Hall–Kier alpha value is -1.92. The van der Waals surface area contributed by atoms with Gasteiger partial charge >= 0.3 is 0 Å². The lowest BCUT2D eigenvalue weighted by atomic mass is 10.1. The molecule has 3 N–H and O–H groups in total. The first-order valence-electron chi connectivity index (χ1n) is 6.92. The number of nitrogens with one attached hydrogen (secondary N) is 2. The number of thiophene rings is 1. The fourth-order valence-corrected chi connectivity index (χ4v) is 2.88. The molecule has 0 aliphatic carbocycles. The highest BCUT2D eigenvalue weighted by Crippen LogP contribution is 2.28. The maximum absolute atomic E-state index is 9.47. The minimum Gasteiger partial charge on any atom is -0.394 e. The summed E-state index contributed by atoms with van der Waals surface area (Å²) in [6.45, 7) is 4.21. The summed E-state index contributed by atoms with van der Waals surface area (Å²) in [5.41, 5.74) is 2.97. The number of nitrogens with zero attached hydrogens (tertiary/aromatic N) is 2. The first-order chi connectivity index (χ1) is 10.2. The molecule has 5 nitrogen and oxygen atoms in total. The number of aromatic amines is 1. The van der Waals surface area contributed by atoms with Crippen molar-refractivity contribution in [2.24, 2.45) is 5.92 Å². The smallest absolute Gasteiger partial charge is 0.143 e. The van der Waals surface area contributed by atoms with Crippen LogP contribution >= 0.6 is 11.3 Å². The third-order valence-electron chi connectivity index (χ3n) is 3.58. The molecule has 6 heteroatoms. The zero-order valence-electron chi connectivity index (χ0n) is 12.0. The van der Waals surface area contributed by atoms with Crippen LogP contribution in [0.2, 0.25) is 0 Å². The Bertz CT molecular complexity index is 720. The Morgan fingerprint density at radius 2 is 2.24 bits per heavy atom. The molecule has 21 heavy (non-hydrogen) atoms. The Kier molecular flexibility index (Phi) is 3.90. The monoisotopic (exact) mass is 302 g/mol. The van der Waals surface area contributed by atoms with Crippen molar-refractivity contribution < 1.29 is 5.11 Å². The largest absolute Gasteiger partial charge is 0.394 e. The molecule has 0 aliphatic heterocycles. The van der Waals surface area contributed by atoms with Gasteiger partial charge in [-0.3, -0.25) is 0 Å². The zero-order valence-corrected chi connectivity index (χ0v) is 12.8. The van der Waals surface area contributed by atoms with Gasteiger partial charge in [-0.2, -0.15) is 11.3 Å². The van der Waals surface area contributed by atoms with E-state index in [4.69, 9.17) is 0 Å². The minimum atomic E-state index is -0.0254. The van der Waals surface area contributed by atoms with Crippen molar-refractivity contribution in [2.45, 2.75) is 19.9 Å². The van der Waals surface area contributed by atoms with Gasteiger partial charge in [-0.05, 0) is 23.4 Å².